The lowest BCUT2D eigenvalue weighted by Gasteiger charge is -2.01. The fraction of sp³-hybridized carbons (Fsp3) is 0.0625. The zero-order valence-electron chi connectivity index (χ0n) is 11.7. The number of carbonyl (C=O) groups is 1. The fourth-order valence-electron chi connectivity index (χ4n) is 2.16. The van der Waals surface area contributed by atoms with Gasteiger partial charge in [-0.25, -0.2) is 10.2 Å². The number of hydrogen-bond acceptors (Lipinski definition) is 4. The van der Waals surface area contributed by atoms with Crippen LogP contribution in [0.3, 0.4) is 0 Å². The van der Waals surface area contributed by atoms with Crippen LogP contribution in [-0.2, 0) is 6.54 Å². The van der Waals surface area contributed by atoms with Crippen LogP contribution in [0.2, 0.25) is 0 Å². The molecule has 0 bridgehead atoms. The van der Waals surface area contributed by atoms with Crippen molar-refractivity contribution in [3.63, 3.8) is 0 Å². The number of nitrogens with one attached hydrogen (secondary N) is 1. The predicted octanol–water partition coefficient (Wildman–Crippen LogP) is 2.11. The maximum atomic E-state index is 11.4. The number of hydrogen-bond donors (Lipinski definition) is 2. The first-order valence-electron chi connectivity index (χ1n) is 6.75. The summed E-state index contributed by atoms with van der Waals surface area (Å²) in [6, 6.07) is 16.8. The molecule has 0 saturated heterocycles. The van der Waals surface area contributed by atoms with Crippen molar-refractivity contribution in [2.45, 2.75) is 6.54 Å². The summed E-state index contributed by atoms with van der Waals surface area (Å²) in [6.07, 6.45) is 1.82. The van der Waals surface area contributed by atoms with E-state index in [0.717, 1.165) is 11.1 Å². The van der Waals surface area contributed by atoms with Crippen LogP contribution in [0.25, 0.3) is 11.3 Å². The standard InChI is InChI=1S/C16H14N4O2/c21-16(18-22)14-8-4-7-13(9-14)15-11-20(19-17-15)10-12-5-2-1-3-6-12/h1-9,11,22H,10H2,(H,18,21). The van der Waals surface area contributed by atoms with Gasteiger partial charge < -0.3 is 0 Å². The molecule has 6 nitrogen and oxygen atoms in total. The number of hydroxylamine groups is 1. The number of aromatic nitrogens is 3. The molecule has 3 aromatic rings. The van der Waals surface area contributed by atoms with E-state index in [1.807, 2.05) is 42.6 Å². The summed E-state index contributed by atoms with van der Waals surface area (Å²) in [7, 11) is 0. The van der Waals surface area contributed by atoms with Crippen molar-refractivity contribution in [3.05, 3.63) is 71.9 Å². The minimum absolute atomic E-state index is 0.359. The highest BCUT2D eigenvalue weighted by atomic mass is 16.5. The molecule has 1 heterocycles. The molecule has 0 fully saturated rings. The van der Waals surface area contributed by atoms with Gasteiger partial charge in [0.25, 0.3) is 5.91 Å². The largest absolute Gasteiger partial charge is 0.288 e. The van der Waals surface area contributed by atoms with E-state index >= 15 is 0 Å². The van der Waals surface area contributed by atoms with E-state index in [9.17, 15) is 4.79 Å². The van der Waals surface area contributed by atoms with Gasteiger partial charge in [-0.3, -0.25) is 10.0 Å². The van der Waals surface area contributed by atoms with E-state index < -0.39 is 5.91 Å². The SMILES string of the molecule is O=C(NO)c1cccc(-c2cn(Cc3ccccc3)nn2)c1. The average molecular weight is 294 g/mol. The van der Waals surface area contributed by atoms with Gasteiger partial charge in [-0.2, -0.15) is 0 Å². The topological polar surface area (TPSA) is 80.0 Å². The Morgan fingerprint density at radius 3 is 2.73 bits per heavy atom. The van der Waals surface area contributed by atoms with Crippen molar-refractivity contribution >= 4 is 5.91 Å². The van der Waals surface area contributed by atoms with Crippen molar-refractivity contribution in [2.75, 3.05) is 0 Å². The van der Waals surface area contributed by atoms with Crippen LogP contribution in [0.1, 0.15) is 15.9 Å². The Morgan fingerprint density at radius 1 is 1.14 bits per heavy atom. The Hall–Kier alpha value is -2.99. The molecule has 0 aliphatic rings. The number of rotatable bonds is 4. The van der Waals surface area contributed by atoms with Gasteiger partial charge >= 0.3 is 0 Å². The summed E-state index contributed by atoms with van der Waals surface area (Å²) in [5, 5.41) is 16.9. The van der Waals surface area contributed by atoms with E-state index in [-0.39, 0.29) is 0 Å². The Bertz CT molecular complexity index is 784. The van der Waals surface area contributed by atoms with Crippen molar-refractivity contribution in [1.29, 1.82) is 0 Å². The summed E-state index contributed by atoms with van der Waals surface area (Å²) in [5.41, 5.74) is 4.54. The maximum Gasteiger partial charge on any atom is 0.274 e. The van der Waals surface area contributed by atoms with Gasteiger partial charge in [0.2, 0.25) is 0 Å². The van der Waals surface area contributed by atoms with E-state index in [2.05, 4.69) is 10.3 Å². The van der Waals surface area contributed by atoms with Gasteiger partial charge in [0.1, 0.15) is 5.69 Å². The number of nitrogens with zero attached hydrogens (tertiary/aromatic N) is 3. The molecule has 0 saturated carbocycles. The molecule has 1 aromatic heterocycles. The van der Waals surface area contributed by atoms with Gasteiger partial charge in [0, 0.05) is 11.1 Å². The highest BCUT2D eigenvalue weighted by Crippen LogP contribution is 2.18. The minimum atomic E-state index is -0.557. The highest BCUT2D eigenvalue weighted by molar-refractivity contribution is 5.94. The molecule has 0 unspecified atom stereocenters. The van der Waals surface area contributed by atoms with E-state index in [4.69, 9.17) is 5.21 Å². The molecule has 22 heavy (non-hydrogen) atoms. The molecule has 6 heteroatoms. The van der Waals surface area contributed by atoms with Crippen LogP contribution in [0.4, 0.5) is 0 Å². The summed E-state index contributed by atoms with van der Waals surface area (Å²) < 4.78 is 1.74. The van der Waals surface area contributed by atoms with Crippen LogP contribution in [0, 0.1) is 0 Å². The quantitative estimate of drug-likeness (QED) is 0.570. The molecule has 0 spiro atoms. The van der Waals surface area contributed by atoms with Gasteiger partial charge in [0.05, 0.1) is 12.7 Å². The number of amides is 1. The van der Waals surface area contributed by atoms with Crippen molar-refractivity contribution < 1.29 is 10.0 Å². The van der Waals surface area contributed by atoms with Crippen LogP contribution in [0.5, 0.6) is 0 Å². The van der Waals surface area contributed by atoms with Crippen LogP contribution in [0.15, 0.2) is 60.8 Å². The number of benzene rings is 2. The molecule has 3 rings (SSSR count). The van der Waals surface area contributed by atoms with Crippen LogP contribution >= 0.6 is 0 Å². The Labute approximate surface area is 127 Å². The Kier molecular flexibility index (Phi) is 3.93. The first-order valence-corrected chi connectivity index (χ1v) is 6.75. The Balaban J connectivity index is 1.83. The molecular weight excluding hydrogens is 280 g/mol. The minimum Gasteiger partial charge on any atom is -0.288 e. The predicted molar refractivity (Wildman–Crippen MR) is 80.3 cm³/mol. The lowest BCUT2D eigenvalue weighted by Crippen LogP contribution is -2.18. The monoisotopic (exact) mass is 294 g/mol. The number of carbonyl (C=O) groups excluding carboxylic acids is 1. The van der Waals surface area contributed by atoms with E-state index in [0.29, 0.717) is 17.8 Å². The van der Waals surface area contributed by atoms with Crippen LogP contribution in [-0.4, -0.2) is 26.1 Å². The van der Waals surface area contributed by atoms with Gasteiger partial charge in [-0.1, -0.05) is 47.7 Å². The summed E-state index contributed by atoms with van der Waals surface area (Å²) >= 11 is 0. The molecule has 0 atom stereocenters. The lowest BCUT2D eigenvalue weighted by molar-refractivity contribution is 0.0706. The molecule has 0 aliphatic carbocycles. The van der Waals surface area contributed by atoms with Crippen LogP contribution < -0.4 is 5.48 Å². The molecular formula is C16H14N4O2. The first-order chi connectivity index (χ1) is 10.8. The third-order valence-corrected chi connectivity index (χ3v) is 3.25. The second-order valence-electron chi connectivity index (χ2n) is 4.81. The molecule has 0 radical (unpaired) electrons. The molecule has 1 amide bonds. The summed E-state index contributed by atoms with van der Waals surface area (Å²) in [6.45, 7) is 0.630. The maximum absolute atomic E-state index is 11.4. The van der Waals surface area contributed by atoms with Crippen molar-refractivity contribution in [1.82, 2.24) is 20.5 Å². The molecule has 2 aromatic carbocycles. The third kappa shape index (κ3) is 3.02. The summed E-state index contributed by atoms with van der Waals surface area (Å²) in [5.74, 6) is -0.557. The Morgan fingerprint density at radius 2 is 1.95 bits per heavy atom. The van der Waals surface area contributed by atoms with Gasteiger partial charge in [-0.05, 0) is 17.7 Å². The smallest absolute Gasteiger partial charge is 0.274 e. The fourth-order valence-corrected chi connectivity index (χ4v) is 2.16. The molecule has 0 aliphatic heterocycles. The van der Waals surface area contributed by atoms with Gasteiger partial charge in [-0.15, -0.1) is 5.10 Å². The molecule has 110 valence electrons. The second kappa shape index (κ2) is 6.19. The van der Waals surface area contributed by atoms with E-state index in [1.54, 1.807) is 28.4 Å². The summed E-state index contributed by atoms with van der Waals surface area (Å²) in [4.78, 5) is 11.4. The zero-order chi connectivity index (χ0) is 15.4. The highest BCUT2D eigenvalue weighted by Gasteiger charge is 2.08. The van der Waals surface area contributed by atoms with E-state index in [1.165, 1.54) is 0 Å². The lowest BCUT2D eigenvalue weighted by atomic mass is 10.1. The van der Waals surface area contributed by atoms with Crippen molar-refractivity contribution in [3.8, 4) is 11.3 Å². The second-order valence-corrected chi connectivity index (χ2v) is 4.81. The normalized spacial score (nSPS) is 10.4. The van der Waals surface area contributed by atoms with Crippen molar-refractivity contribution in [2.24, 2.45) is 0 Å². The first kappa shape index (κ1) is 14.0. The zero-order valence-corrected chi connectivity index (χ0v) is 11.7. The van der Waals surface area contributed by atoms with Gasteiger partial charge in [0.15, 0.2) is 0 Å². The third-order valence-electron chi connectivity index (χ3n) is 3.25. The molecule has 2 N–H and O–H groups in total. The average Bonchev–Trinajstić information content (AvgIpc) is 3.04.